The largest absolute Gasteiger partial charge is 0.354 e. The summed E-state index contributed by atoms with van der Waals surface area (Å²) >= 11 is 0. The van der Waals surface area contributed by atoms with Crippen LogP contribution in [0.15, 0.2) is 30.3 Å². The number of amides is 1. The molecule has 0 saturated heterocycles. The zero-order valence-corrected chi connectivity index (χ0v) is 9.78. The number of carbonyl (C=O) groups excluding carboxylic acids is 1. The number of hydrogen-bond donors (Lipinski definition) is 2. The minimum absolute atomic E-state index is 0.0396. The first-order valence-corrected chi connectivity index (χ1v) is 5.78. The third-order valence-corrected chi connectivity index (χ3v) is 2.43. The second-order valence-electron chi connectivity index (χ2n) is 4.02. The maximum absolute atomic E-state index is 11.6. The van der Waals surface area contributed by atoms with E-state index in [1.807, 2.05) is 30.3 Å². The Hall–Kier alpha value is -1.35. The molecule has 1 unspecified atom stereocenters. The molecule has 1 rings (SSSR count). The van der Waals surface area contributed by atoms with Gasteiger partial charge in [0.15, 0.2) is 0 Å². The molecule has 0 spiro atoms. The van der Waals surface area contributed by atoms with Gasteiger partial charge in [-0.1, -0.05) is 43.7 Å². The molecule has 1 amide bonds. The molecule has 3 N–H and O–H groups in total. The fraction of sp³-hybridized carbons (Fsp3) is 0.462. The third kappa shape index (κ3) is 4.94. The molecule has 16 heavy (non-hydrogen) atoms. The Kier molecular flexibility index (Phi) is 5.57. The van der Waals surface area contributed by atoms with Gasteiger partial charge in [-0.25, -0.2) is 0 Å². The second kappa shape index (κ2) is 7.01. The summed E-state index contributed by atoms with van der Waals surface area (Å²) in [7, 11) is 0. The molecule has 0 aromatic heterocycles. The quantitative estimate of drug-likeness (QED) is 0.763. The molecular formula is C13H20N2O. The summed E-state index contributed by atoms with van der Waals surface area (Å²) in [4.78, 5) is 11.6. The van der Waals surface area contributed by atoms with E-state index in [1.165, 1.54) is 0 Å². The van der Waals surface area contributed by atoms with E-state index in [0.717, 1.165) is 18.4 Å². The summed E-state index contributed by atoms with van der Waals surface area (Å²) in [6, 6.07) is 9.79. The molecule has 0 fully saturated rings. The van der Waals surface area contributed by atoms with E-state index in [9.17, 15) is 4.79 Å². The van der Waals surface area contributed by atoms with Crippen molar-refractivity contribution in [3.8, 4) is 0 Å². The molecule has 0 aliphatic rings. The lowest BCUT2D eigenvalue weighted by Gasteiger charge is -2.11. The smallest absolute Gasteiger partial charge is 0.224 e. The Morgan fingerprint density at radius 2 is 2.06 bits per heavy atom. The van der Waals surface area contributed by atoms with Crippen LogP contribution in [0.4, 0.5) is 0 Å². The number of hydrogen-bond acceptors (Lipinski definition) is 2. The third-order valence-electron chi connectivity index (χ3n) is 2.43. The van der Waals surface area contributed by atoms with E-state index in [2.05, 4.69) is 12.2 Å². The van der Waals surface area contributed by atoms with Gasteiger partial charge in [-0.15, -0.1) is 0 Å². The average Bonchev–Trinajstić information content (AvgIpc) is 2.28. The Morgan fingerprint density at radius 1 is 1.38 bits per heavy atom. The van der Waals surface area contributed by atoms with Crippen LogP contribution < -0.4 is 11.1 Å². The minimum Gasteiger partial charge on any atom is -0.354 e. The molecule has 3 nitrogen and oxygen atoms in total. The van der Waals surface area contributed by atoms with Crippen molar-refractivity contribution in [1.82, 2.24) is 5.32 Å². The number of benzene rings is 1. The number of carbonyl (C=O) groups is 1. The lowest BCUT2D eigenvalue weighted by atomic mass is 10.1. The van der Waals surface area contributed by atoms with Crippen LogP contribution in [0, 0.1) is 0 Å². The van der Waals surface area contributed by atoms with Gasteiger partial charge in [0.1, 0.15) is 0 Å². The average molecular weight is 220 g/mol. The van der Waals surface area contributed by atoms with Crippen molar-refractivity contribution in [2.24, 2.45) is 5.73 Å². The summed E-state index contributed by atoms with van der Waals surface area (Å²) in [6.07, 6.45) is 2.43. The van der Waals surface area contributed by atoms with E-state index in [4.69, 9.17) is 5.73 Å². The van der Waals surface area contributed by atoms with Gasteiger partial charge in [-0.2, -0.15) is 0 Å². The van der Waals surface area contributed by atoms with Crippen LogP contribution in [0.5, 0.6) is 0 Å². The summed E-state index contributed by atoms with van der Waals surface area (Å²) in [5.41, 5.74) is 6.84. The van der Waals surface area contributed by atoms with Crippen LogP contribution in [0.25, 0.3) is 0 Å². The highest BCUT2D eigenvalue weighted by Gasteiger charge is 2.05. The maximum Gasteiger partial charge on any atom is 0.224 e. The Bertz CT molecular complexity index is 311. The first-order chi connectivity index (χ1) is 7.72. The topological polar surface area (TPSA) is 55.1 Å². The summed E-state index contributed by atoms with van der Waals surface area (Å²) in [6.45, 7) is 2.66. The first kappa shape index (κ1) is 12.7. The lowest BCUT2D eigenvalue weighted by molar-refractivity contribution is -0.120. The van der Waals surface area contributed by atoms with Gasteiger partial charge in [0.25, 0.3) is 0 Å². The molecule has 0 bridgehead atoms. The summed E-state index contributed by atoms with van der Waals surface area (Å²) < 4.78 is 0. The van der Waals surface area contributed by atoms with E-state index >= 15 is 0 Å². The first-order valence-electron chi connectivity index (χ1n) is 5.78. The second-order valence-corrected chi connectivity index (χ2v) is 4.02. The van der Waals surface area contributed by atoms with Crippen molar-refractivity contribution in [2.45, 2.75) is 32.2 Å². The lowest BCUT2D eigenvalue weighted by Crippen LogP contribution is -2.37. The highest BCUT2D eigenvalue weighted by Crippen LogP contribution is 1.99. The summed E-state index contributed by atoms with van der Waals surface area (Å²) in [5, 5.41) is 2.85. The van der Waals surface area contributed by atoms with Crippen molar-refractivity contribution < 1.29 is 4.79 Å². The predicted octanol–water partition coefficient (Wildman–Crippen LogP) is 1.47. The maximum atomic E-state index is 11.6. The van der Waals surface area contributed by atoms with E-state index in [1.54, 1.807) is 0 Å². The Labute approximate surface area is 97.0 Å². The van der Waals surface area contributed by atoms with Gasteiger partial charge in [0, 0.05) is 12.6 Å². The van der Waals surface area contributed by atoms with Gasteiger partial charge in [0.2, 0.25) is 5.91 Å². The molecule has 0 heterocycles. The van der Waals surface area contributed by atoms with Crippen LogP contribution >= 0.6 is 0 Å². The van der Waals surface area contributed by atoms with Crippen molar-refractivity contribution >= 4 is 5.91 Å². The number of nitrogens with two attached hydrogens (primary N) is 1. The molecule has 88 valence electrons. The standard InChI is InChI=1S/C13H20N2O/c1-2-6-12(14)10-15-13(16)9-11-7-4-3-5-8-11/h3-5,7-8,12H,2,6,9-10,14H2,1H3,(H,15,16). The number of rotatable bonds is 6. The van der Waals surface area contributed by atoms with Gasteiger partial charge in [-0.05, 0) is 12.0 Å². The van der Waals surface area contributed by atoms with Crippen LogP contribution in [0.1, 0.15) is 25.3 Å². The van der Waals surface area contributed by atoms with Crippen molar-refractivity contribution in [1.29, 1.82) is 0 Å². The predicted molar refractivity (Wildman–Crippen MR) is 66.0 cm³/mol. The van der Waals surface area contributed by atoms with E-state index in [0.29, 0.717) is 13.0 Å². The van der Waals surface area contributed by atoms with Crippen LogP contribution in [-0.2, 0) is 11.2 Å². The fourth-order valence-electron chi connectivity index (χ4n) is 1.56. The zero-order valence-electron chi connectivity index (χ0n) is 9.78. The monoisotopic (exact) mass is 220 g/mol. The van der Waals surface area contributed by atoms with Gasteiger partial charge in [0.05, 0.1) is 6.42 Å². The fourth-order valence-corrected chi connectivity index (χ4v) is 1.56. The molecular weight excluding hydrogens is 200 g/mol. The molecule has 0 aliphatic heterocycles. The van der Waals surface area contributed by atoms with Crippen molar-refractivity contribution in [3.05, 3.63) is 35.9 Å². The molecule has 1 aromatic rings. The molecule has 0 radical (unpaired) electrons. The van der Waals surface area contributed by atoms with Gasteiger partial charge in [-0.3, -0.25) is 4.79 Å². The zero-order chi connectivity index (χ0) is 11.8. The van der Waals surface area contributed by atoms with Crippen molar-refractivity contribution in [2.75, 3.05) is 6.54 Å². The highest BCUT2D eigenvalue weighted by molar-refractivity contribution is 5.78. The van der Waals surface area contributed by atoms with Gasteiger partial charge >= 0.3 is 0 Å². The highest BCUT2D eigenvalue weighted by atomic mass is 16.1. The molecule has 1 atom stereocenters. The normalized spacial score (nSPS) is 12.1. The van der Waals surface area contributed by atoms with Crippen molar-refractivity contribution in [3.63, 3.8) is 0 Å². The van der Waals surface area contributed by atoms with Crippen LogP contribution in [0.2, 0.25) is 0 Å². The van der Waals surface area contributed by atoms with Crippen LogP contribution in [0.3, 0.4) is 0 Å². The molecule has 1 aromatic carbocycles. The summed E-state index contributed by atoms with van der Waals surface area (Å²) in [5.74, 6) is 0.0396. The molecule has 0 aliphatic carbocycles. The SMILES string of the molecule is CCCC(N)CNC(=O)Cc1ccccc1. The Balaban J connectivity index is 2.26. The number of nitrogens with one attached hydrogen (secondary N) is 1. The Morgan fingerprint density at radius 3 is 2.69 bits per heavy atom. The molecule has 3 heteroatoms. The van der Waals surface area contributed by atoms with Crippen LogP contribution in [-0.4, -0.2) is 18.5 Å². The molecule has 0 saturated carbocycles. The van der Waals surface area contributed by atoms with E-state index < -0.39 is 0 Å². The van der Waals surface area contributed by atoms with Gasteiger partial charge < -0.3 is 11.1 Å². The van der Waals surface area contributed by atoms with E-state index in [-0.39, 0.29) is 11.9 Å². The minimum atomic E-state index is 0.0396.